The molecule has 1 aromatic heterocycles. The molecule has 0 unspecified atom stereocenters. The number of hydrogen-bond acceptors (Lipinski definition) is 5. The Morgan fingerprint density at radius 1 is 0.895 bits per heavy atom. The number of likely N-dealkylation sites (tertiary alicyclic amines) is 1. The molecule has 5 rings (SSSR count). The highest BCUT2D eigenvalue weighted by molar-refractivity contribution is 5.94. The number of carbonyl (C=O) groups excluding carboxylic acids is 2. The maximum absolute atomic E-state index is 13.1. The number of piperazine rings is 1. The number of nitrogens with zero attached hydrogens (tertiary/aromatic N) is 5. The lowest BCUT2D eigenvalue weighted by molar-refractivity contribution is 0.0793. The molecule has 0 aliphatic carbocycles. The Hall–Kier alpha value is -3.65. The van der Waals surface area contributed by atoms with Crippen molar-refractivity contribution in [3.8, 4) is 16.9 Å². The molecule has 0 saturated carbocycles. The highest BCUT2D eigenvalue weighted by Crippen LogP contribution is 2.29. The number of ether oxygens (including phenoxy) is 1. The number of rotatable bonds is 8. The van der Waals surface area contributed by atoms with Gasteiger partial charge in [-0.05, 0) is 36.5 Å². The molecule has 0 atom stereocenters. The SMILES string of the molecule is CCCCOc1cc(-c2ccccc2)ccc1CN1CCN(C(=O)n2cc(C(=O)N3CCCC3)cn2)CC1. The number of benzene rings is 2. The van der Waals surface area contributed by atoms with Crippen molar-refractivity contribution in [1.82, 2.24) is 24.5 Å². The lowest BCUT2D eigenvalue weighted by Crippen LogP contribution is -2.49. The van der Waals surface area contributed by atoms with Crippen LogP contribution in [0.3, 0.4) is 0 Å². The van der Waals surface area contributed by atoms with Gasteiger partial charge in [0.25, 0.3) is 5.91 Å². The van der Waals surface area contributed by atoms with Crippen LogP contribution in [-0.2, 0) is 6.54 Å². The monoisotopic (exact) mass is 515 g/mol. The molecule has 3 aromatic rings. The van der Waals surface area contributed by atoms with Crippen LogP contribution in [0.2, 0.25) is 0 Å². The average molecular weight is 516 g/mol. The summed E-state index contributed by atoms with van der Waals surface area (Å²) in [4.78, 5) is 31.7. The summed E-state index contributed by atoms with van der Waals surface area (Å²) in [6.07, 6.45) is 7.26. The van der Waals surface area contributed by atoms with E-state index in [4.69, 9.17) is 4.74 Å². The summed E-state index contributed by atoms with van der Waals surface area (Å²) in [6, 6.07) is 16.7. The first kappa shape index (κ1) is 26.0. The summed E-state index contributed by atoms with van der Waals surface area (Å²) >= 11 is 0. The van der Waals surface area contributed by atoms with Crippen molar-refractivity contribution < 1.29 is 14.3 Å². The van der Waals surface area contributed by atoms with Crippen molar-refractivity contribution in [3.63, 3.8) is 0 Å². The molecule has 0 radical (unpaired) electrons. The van der Waals surface area contributed by atoms with E-state index >= 15 is 0 Å². The van der Waals surface area contributed by atoms with Crippen LogP contribution in [0, 0.1) is 0 Å². The first-order valence-corrected chi connectivity index (χ1v) is 13.8. The third kappa shape index (κ3) is 6.07. The van der Waals surface area contributed by atoms with Crippen molar-refractivity contribution in [2.75, 3.05) is 45.9 Å². The largest absolute Gasteiger partial charge is 0.493 e. The second kappa shape index (κ2) is 12.3. The van der Waals surface area contributed by atoms with Crippen molar-refractivity contribution in [2.24, 2.45) is 0 Å². The van der Waals surface area contributed by atoms with Crippen molar-refractivity contribution in [1.29, 1.82) is 0 Å². The molecule has 0 bridgehead atoms. The van der Waals surface area contributed by atoms with E-state index < -0.39 is 0 Å². The van der Waals surface area contributed by atoms with Gasteiger partial charge >= 0.3 is 6.03 Å². The van der Waals surface area contributed by atoms with Gasteiger partial charge in [-0.2, -0.15) is 9.78 Å². The van der Waals surface area contributed by atoms with E-state index in [0.717, 1.165) is 75.3 Å². The molecule has 2 aliphatic heterocycles. The van der Waals surface area contributed by atoms with Gasteiger partial charge in [0, 0.05) is 57.6 Å². The van der Waals surface area contributed by atoms with Gasteiger partial charge < -0.3 is 14.5 Å². The van der Waals surface area contributed by atoms with Crippen molar-refractivity contribution in [2.45, 2.75) is 39.2 Å². The van der Waals surface area contributed by atoms with Gasteiger partial charge in [-0.25, -0.2) is 4.79 Å². The van der Waals surface area contributed by atoms with Crippen LogP contribution >= 0.6 is 0 Å². The molecule has 3 heterocycles. The summed E-state index contributed by atoms with van der Waals surface area (Å²) in [7, 11) is 0. The summed E-state index contributed by atoms with van der Waals surface area (Å²) in [5.41, 5.74) is 3.97. The Labute approximate surface area is 224 Å². The van der Waals surface area contributed by atoms with Crippen molar-refractivity contribution >= 4 is 11.9 Å². The van der Waals surface area contributed by atoms with Crippen LogP contribution < -0.4 is 4.74 Å². The van der Waals surface area contributed by atoms with Gasteiger partial charge in [0.15, 0.2) is 0 Å². The van der Waals surface area contributed by atoms with E-state index in [0.29, 0.717) is 25.3 Å². The van der Waals surface area contributed by atoms with Crippen LogP contribution in [0.5, 0.6) is 5.75 Å². The Kier molecular flexibility index (Phi) is 8.38. The second-order valence-corrected chi connectivity index (χ2v) is 10.1. The fourth-order valence-electron chi connectivity index (χ4n) is 5.08. The molecule has 2 fully saturated rings. The third-order valence-electron chi connectivity index (χ3n) is 7.39. The van der Waals surface area contributed by atoms with E-state index in [1.54, 1.807) is 6.20 Å². The normalized spacial score (nSPS) is 16.1. The molecule has 0 N–H and O–H groups in total. The van der Waals surface area contributed by atoms with Gasteiger partial charge in [-0.15, -0.1) is 0 Å². The van der Waals surface area contributed by atoms with Crippen LogP contribution in [0.15, 0.2) is 60.9 Å². The fourth-order valence-corrected chi connectivity index (χ4v) is 5.08. The van der Waals surface area contributed by atoms with Gasteiger partial charge in [0.05, 0.1) is 18.4 Å². The van der Waals surface area contributed by atoms with E-state index in [9.17, 15) is 9.59 Å². The highest BCUT2D eigenvalue weighted by atomic mass is 16.5. The van der Waals surface area contributed by atoms with Crippen LogP contribution in [0.4, 0.5) is 4.79 Å². The molecule has 2 aliphatic rings. The third-order valence-corrected chi connectivity index (χ3v) is 7.39. The minimum absolute atomic E-state index is 0.0402. The van der Waals surface area contributed by atoms with Gasteiger partial charge in [-0.3, -0.25) is 9.69 Å². The number of amides is 2. The molecule has 200 valence electrons. The second-order valence-electron chi connectivity index (χ2n) is 10.1. The minimum atomic E-state index is -0.180. The summed E-state index contributed by atoms with van der Waals surface area (Å²) in [5, 5.41) is 4.20. The van der Waals surface area contributed by atoms with Crippen molar-refractivity contribution in [3.05, 3.63) is 72.1 Å². The van der Waals surface area contributed by atoms with Crippen LogP contribution in [-0.4, -0.2) is 82.3 Å². The van der Waals surface area contributed by atoms with Gasteiger partial charge in [0.1, 0.15) is 5.75 Å². The zero-order valence-electron chi connectivity index (χ0n) is 22.2. The van der Waals surface area contributed by atoms with Gasteiger partial charge in [-0.1, -0.05) is 55.8 Å². The predicted molar refractivity (Wildman–Crippen MR) is 147 cm³/mol. The summed E-state index contributed by atoms with van der Waals surface area (Å²) in [6.45, 7) is 7.96. The predicted octanol–water partition coefficient (Wildman–Crippen LogP) is 4.75. The zero-order valence-corrected chi connectivity index (χ0v) is 22.2. The summed E-state index contributed by atoms with van der Waals surface area (Å²) < 4.78 is 7.53. The number of unbranched alkanes of at least 4 members (excludes halogenated alkanes) is 1. The molecular weight excluding hydrogens is 478 g/mol. The molecule has 2 amide bonds. The molecule has 2 aromatic carbocycles. The Bertz CT molecular complexity index is 1230. The Balaban J connectivity index is 1.20. The molecule has 38 heavy (non-hydrogen) atoms. The van der Waals surface area contributed by atoms with E-state index in [2.05, 4.69) is 59.4 Å². The first-order valence-electron chi connectivity index (χ1n) is 13.8. The zero-order chi connectivity index (χ0) is 26.3. The Morgan fingerprint density at radius 2 is 1.66 bits per heavy atom. The van der Waals surface area contributed by atoms with Gasteiger partial charge in [0.2, 0.25) is 0 Å². The summed E-state index contributed by atoms with van der Waals surface area (Å²) in [5.74, 6) is 0.895. The highest BCUT2D eigenvalue weighted by Gasteiger charge is 2.26. The Morgan fingerprint density at radius 3 is 2.39 bits per heavy atom. The molecular formula is C30H37N5O3. The smallest absolute Gasteiger partial charge is 0.344 e. The average Bonchev–Trinajstić information content (AvgIpc) is 3.68. The number of hydrogen-bond donors (Lipinski definition) is 0. The van der Waals surface area contributed by atoms with E-state index in [1.165, 1.54) is 16.4 Å². The molecule has 0 spiro atoms. The topological polar surface area (TPSA) is 70.9 Å². The molecule has 8 heteroatoms. The number of carbonyl (C=O) groups is 2. The lowest BCUT2D eigenvalue weighted by Gasteiger charge is -2.34. The number of aromatic nitrogens is 2. The molecule has 8 nitrogen and oxygen atoms in total. The lowest BCUT2D eigenvalue weighted by atomic mass is 10.0. The molecule has 2 saturated heterocycles. The van der Waals surface area contributed by atoms with Crippen LogP contribution in [0.1, 0.15) is 48.5 Å². The minimum Gasteiger partial charge on any atom is -0.493 e. The van der Waals surface area contributed by atoms with Crippen LogP contribution in [0.25, 0.3) is 11.1 Å². The van der Waals surface area contributed by atoms with E-state index in [-0.39, 0.29) is 11.9 Å². The quantitative estimate of drug-likeness (QED) is 0.405. The first-order chi connectivity index (χ1) is 18.6. The maximum Gasteiger partial charge on any atom is 0.344 e. The standard InChI is InChI=1S/C30H37N5O3/c1-2-3-19-38-28-20-25(24-9-5-4-6-10-24)11-12-26(28)22-32-15-17-34(18-16-32)30(37)35-23-27(21-31-35)29(36)33-13-7-8-14-33/h4-6,9-12,20-21,23H,2-3,7-8,13-19,22H2,1H3. The van der Waals surface area contributed by atoms with E-state index in [1.807, 2.05) is 15.9 Å². The fraction of sp³-hybridized carbons (Fsp3) is 0.433. The maximum atomic E-state index is 13.1.